The van der Waals surface area contributed by atoms with Crippen LogP contribution in [0.15, 0.2) is 24.3 Å². The third-order valence-corrected chi connectivity index (χ3v) is 3.12. The molecule has 4 nitrogen and oxygen atoms in total. The van der Waals surface area contributed by atoms with Crippen LogP contribution in [0.25, 0.3) is 0 Å². The minimum Gasteiger partial charge on any atom is -0.430 e. The highest BCUT2D eigenvalue weighted by Crippen LogP contribution is 2.23. The maximum atomic E-state index is 5.63. The molecule has 0 radical (unpaired) electrons. The first-order valence-corrected chi connectivity index (χ1v) is 6.67. The largest absolute Gasteiger partial charge is 0.430 e. The molecule has 5 heteroatoms. The van der Waals surface area contributed by atoms with Gasteiger partial charge in [0.05, 0.1) is 6.61 Å². The van der Waals surface area contributed by atoms with E-state index in [9.17, 15) is 0 Å². The van der Waals surface area contributed by atoms with Gasteiger partial charge in [0.2, 0.25) is 0 Å². The Hall–Kier alpha value is -1.46. The third kappa shape index (κ3) is 3.51. The van der Waals surface area contributed by atoms with Crippen molar-refractivity contribution in [2.24, 2.45) is 0 Å². The number of aromatic nitrogens is 2. The number of aryl methyl sites for hydroxylation is 1. The highest BCUT2D eigenvalue weighted by Gasteiger charge is 2.04. The smallest absolute Gasteiger partial charge is 0.298 e. The van der Waals surface area contributed by atoms with Gasteiger partial charge in [-0.2, -0.15) is 9.36 Å². The second kappa shape index (κ2) is 6.47. The fraction of sp³-hybridized carbons (Fsp3) is 0.385. The monoisotopic (exact) mass is 264 g/mol. The SMILES string of the molecule is CCc1nsc(Oc2ccc(CCOC)cc2)n1. The van der Waals surface area contributed by atoms with Crippen LogP contribution in [0.3, 0.4) is 0 Å². The van der Waals surface area contributed by atoms with Crippen molar-refractivity contribution < 1.29 is 9.47 Å². The predicted octanol–water partition coefficient (Wildman–Crippen LogP) is 3.08. The fourth-order valence-electron chi connectivity index (χ4n) is 1.47. The molecule has 18 heavy (non-hydrogen) atoms. The minimum absolute atomic E-state index is 0.594. The highest BCUT2D eigenvalue weighted by molar-refractivity contribution is 7.07. The number of hydrogen-bond donors (Lipinski definition) is 0. The van der Waals surface area contributed by atoms with Gasteiger partial charge < -0.3 is 9.47 Å². The van der Waals surface area contributed by atoms with E-state index in [0.717, 1.165) is 31.0 Å². The lowest BCUT2D eigenvalue weighted by atomic mass is 10.1. The van der Waals surface area contributed by atoms with Crippen molar-refractivity contribution in [2.75, 3.05) is 13.7 Å². The van der Waals surface area contributed by atoms with Gasteiger partial charge in [0, 0.05) is 25.1 Å². The molecule has 0 bridgehead atoms. The van der Waals surface area contributed by atoms with Crippen molar-refractivity contribution in [1.29, 1.82) is 0 Å². The van der Waals surface area contributed by atoms with Crippen LogP contribution in [0.2, 0.25) is 0 Å². The van der Waals surface area contributed by atoms with Crippen molar-refractivity contribution in [2.45, 2.75) is 19.8 Å². The number of methoxy groups -OCH3 is 1. The van der Waals surface area contributed by atoms with Gasteiger partial charge in [-0.15, -0.1) is 0 Å². The van der Waals surface area contributed by atoms with E-state index in [1.54, 1.807) is 7.11 Å². The van der Waals surface area contributed by atoms with Crippen LogP contribution < -0.4 is 4.74 Å². The summed E-state index contributed by atoms with van der Waals surface area (Å²) < 4.78 is 14.9. The van der Waals surface area contributed by atoms with Crippen LogP contribution in [0.4, 0.5) is 0 Å². The van der Waals surface area contributed by atoms with E-state index in [1.165, 1.54) is 17.1 Å². The number of hydrogen-bond acceptors (Lipinski definition) is 5. The summed E-state index contributed by atoms with van der Waals surface area (Å²) in [5.41, 5.74) is 1.23. The lowest BCUT2D eigenvalue weighted by Crippen LogP contribution is -1.94. The molecule has 1 aromatic carbocycles. The topological polar surface area (TPSA) is 44.2 Å². The van der Waals surface area contributed by atoms with Gasteiger partial charge in [-0.3, -0.25) is 0 Å². The van der Waals surface area contributed by atoms with E-state index in [2.05, 4.69) is 9.36 Å². The van der Waals surface area contributed by atoms with Gasteiger partial charge in [0.1, 0.15) is 11.6 Å². The molecule has 0 spiro atoms. The Kier molecular flexibility index (Phi) is 4.66. The molecule has 0 amide bonds. The molecule has 2 aromatic rings. The average Bonchev–Trinajstić information content (AvgIpc) is 2.86. The average molecular weight is 264 g/mol. The van der Waals surface area contributed by atoms with E-state index >= 15 is 0 Å². The molecule has 2 rings (SSSR count). The first kappa shape index (κ1) is 13.0. The zero-order valence-corrected chi connectivity index (χ0v) is 11.4. The molecular formula is C13H16N2O2S. The summed E-state index contributed by atoms with van der Waals surface area (Å²) in [6, 6.07) is 7.96. The molecule has 0 aliphatic carbocycles. The van der Waals surface area contributed by atoms with E-state index in [1.807, 2.05) is 31.2 Å². The molecule has 0 unspecified atom stereocenters. The van der Waals surface area contributed by atoms with Crippen molar-refractivity contribution in [3.8, 4) is 10.9 Å². The molecule has 0 saturated carbocycles. The first-order valence-electron chi connectivity index (χ1n) is 5.90. The highest BCUT2D eigenvalue weighted by atomic mass is 32.1. The van der Waals surface area contributed by atoms with E-state index < -0.39 is 0 Å². The van der Waals surface area contributed by atoms with Crippen LogP contribution in [0.5, 0.6) is 10.9 Å². The van der Waals surface area contributed by atoms with E-state index in [4.69, 9.17) is 9.47 Å². The van der Waals surface area contributed by atoms with Crippen LogP contribution >= 0.6 is 11.5 Å². The van der Waals surface area contributed by atoms with Gasteiger partial charge >= 0.3 is 0 Å². The van der Waals surface area contributed by atoms with Crippen molar-refractivity contribution >= 4 is 11.5 Å². The normalized spacial score (nSPS) is 10.6. The lowest BCUT2D eigenvalue weighted by molar-refractivity contribution is 0.202. The third-order valence-electron chi connectivity index (χ3n) is 2.49. The summed E-state index contributed by atoms with van der Waals surface area (Å²) in [6.45, 7) is 2.76. The predicted molar refractivity (Wildman–Crippen MR) is 71.4 cm³/mol. The quantitative estimate of drug-likeness (QED) is 0.804. The van der Waals surface area contributed by atoms with Crippen molar-refractivity contribution in [1.82, 2.24) is 9.36 Å². The van der Waals surface area contributed by atoms with Crippen LogP contribution in [0.1, 0.15) is 18.3 Å². The minimum atomic E-state index is 0.594. The van der Waals surface area contributed by atoms with Gasteiger partial charge in [-0.1, -0.05) is 19.1 Å². The Labute approximate surface area is 111 Å². The molecule has 0 N–H and O–H groups in total. The summed E-state index contributed by atoms with van der Waals surface area (Å²) >= 11 is 1.28. The Bertz CT molecular complexity index is 482. The zero-order valence-electron chi connectivity index (χ0n) is 10.5. The summed E-state index contributed by atoms with van der Waals surface area (Å²) in [7, 11) is 1.71. The van der Waals surface area contributed by atoms with E-state index in [0.29, 0.717) is 5.19 Å². The number of benzene rings is 1. The molecule has 0 atom stereocenters. The Morgan fingerprint density at radius 2 is 2.00 bits per heavy atom. The Morgan fingerprint density at radius 3 is 2.61 bits per heavy atom. The summed E-state index contributed by atoms with van der Waals surface area (Å²) in [4.78, 5) is 4.26. The van der Waals surface area contributed by atoms with Gasteiger partial charge in [-0.25, -0.2) is 0 Å². The van der Waals surface area contributed by atoms with Crippen LogP contribution in [-0.4, -0.2) is 23.1 Å². The van der Waals surface area contributed by atoms with Crippen LogP contribution in [0, 0.1) is 0 Å². The summed E-state index contributed by atoms with van der Waals surface area (Å²) in [5.74, 6) is 1.61. The van der Waals surface area contributed by atoms with Crippen molar-refractivity contribution in [3.63, 3.8) is 0 Å². The first-order chi connectivity index (χ1) is 8.81. The second-order valence-corrected chi connectivity index (χ2v) is 4.53. The van der Waals surface area contributed by atoms with Gasteiger partial charge in [0.25, 0.3) is 5.19 Å². The molecule has 1 aromatic heterocycles. The Morgan fingerprint density at radius 1 is 1.22 bits per heavy atom. The standard InChI is InChI=1S/C13H16N2O2S/c1-3-12-14-13(18-15-12)17-11-6-4-10(5-7-11)8-9-16-2/h4-7H,3,8-9H2,1-2H3. The lowest BCUT2D eigenvalue weighted by Gasteiger charge is -2.03. The molecule has 0 aliphatic rings. The molecular weight excluding hydrogens is 248 g/mol. The number of nitrogens with zero attached hydrogens (tertiary/aromatic N) is 2. The maximum Gasteiger partial charge on any atom is 0.298 e. The summed E-state index contributed by atoms with van der Waals surface area (Å²) in [6.07, 6.45) is 1.74. The molecule has 0 aliphatic heterocycles. The Balaban J connectivity index is 1.97. The maximum absolute atomic E-state index is 5.63. The molecule has 96 valence electrons. The van der Waals surface area contributed by atoms with E-state index in [-0.39, 0.29) is 0 Å². The summed E-state index contributed by atoms with van der Waals surface area (Å²) in [5, 5.41) is 0.594. The molecule has 0 fully saturated rings. The number of rotatable bonds is 6. The second-order valence-electron chi connectivity index (χ2n) is 3.82. The van der Waals surface area contributed by atoms with Crippen molar-refractivity contribution in [3.05, 3.63) is 35.7 Å². The van der Waals surface area contributed by atoms with Gasteiger partial charge in [0.15, 0.2) is 0 Å². The van der Waals surface area contributed by atoms with Crippen LogP contribution in [-0.2, 0) is 17.6 Å². The fourth-order valence-corrected chi connectivity index (χ4v) is 2.10. The zero-order chi connectivity index (χ0) is 12.8. The molecule has 1 heterocycles. The van der Waals surface area contributed by atoms with Gasteiger partial charge in [-0.05, 0) is 24.1 Å². The number of ether oxygens (including phenoxy) is 2. The molecule has 0 saturated heterocycles.